The Morgan fingerprint density at radius 1 is 1.18 bits per heavy atom. The lowest BCUT2D eigenvalue weighted by Gasteiger charge is -2.10. The van der Waals surface area contributed by atoms with Gasteiger partial charge in [-0.25, -0.2) is 13.6 Å². The van der Waals surface area contributed by atoms with Crippen molar-refractivity contribution < 1.29 is 23.1 Å². The molecule has 0 bridgehead atoms. The van der Waals surface area contributed by atoms with Gasteiger partial charge in [-0.3, -0.25) is 4.79 Å². The molecule has 1 rings (SSSR count). The number of halogens is 2. The number of alkyl halides is 1. The number of carbonyl (C=O) groups is 2. The fraction of sp³-hybridized carbons (Fsp3) is 0.333. The lowest BCUT2D eigenvalue weighted by atomic mass is 10.1. The summed E-state index contributed by atoms with van der Waals surface area (Å²) in [5, 5.41) is 0. The molecule has 0 aliphatic heterocycles. The van der Waals surface area contributed by atoms with E-state index in [2.05, 4.69) is 4.74 Å². The molecule has 17 heavy (non-hydrogen) atoms. The smallest absolute Gasteiger partial charge is 0.349 e. The number of ether oxygens (including phenoxy) is 1. The zero-order valence-electron chi connectivity index (χ0n) is 9.44. The molecule has 3 nitrogen and oxygen atoms in total. The molecule has 92 valence electrons. The van der Waals surface area contributed by atoms with Crippen molar-refractivity contribution in [2.45, 2.75) is 26.1 Å². The fourth-order valence-electron chi connectivity index (χ4n) is 1.16. The minimum atomic E-state index is -2.37. The minimum absolute atomic E-state index is 0.0698. The average molecular weight is 242 g/mol. The summed E-state index contributed by atoms with van der Waals surface area (Å²) in [5.41, 5.74) is -0.0698. The van der Waals surface area contributed by atoms with Gasteiger partial charge in [-0.1, -0.05) is 0 Å². The third-order valence-corrected chi connectivity index (χ3v) is 1.92. The quantitative estimate of drug-likeness (QED) is 0.462. The molecule has 0 saturated heterocycles. The van der Waals surface area contributed by atoms with Gasteiger partial charge in [0.2, 0.25) is 5.78 Å². The van der Waals surface area contributed by atoms with Crippen LogP contribution in [-0.2, 0) is 9.53 Å². The SMILES string of the molecule is CC(C)OC(=O)C(F)C(=O)c1ccc(F)cc1. The molecular formula is C12H12F2O3. The van der Waals surface area contributed by atoms with Gasteiger partial charge in [-0.2, -0.15) is 0 Å². The molecule has 0 radical (unpaired) electrons. The minimum Gasteiger partial charge on any atom is -0.460 e. The summed E-state index contributed by atoms with van der Waals surface area (Å²) >= 11 is 0. The molecule has 0 aromatic heterocycles. The highest BCUT2D eigenvalue weighted by molar-refractivity contribution is 6.11. The van der Waals surface area contributed by atoms with Gasteiger partial charge in [0.1, 0.15) is 5.82 Å². The zero-order valence-corrected chi connectivity index (χ0v) is 9.44. The number of esters is 1. The monoisotopic (exact) mass is 242 g/mol. The Morgan fingerprint density at radius 3 is 2.18 bits per heavy atom. The molecule has 0 amide bonds. The van der Waals surface area contributed by atoms with Gasteiger partial charge < -0.3 is 4.74 Å². The van der Waals surface area contributed by atoms with Crippen molar-refractivity contribution in [1.29, 1.82) is 0 Å². The van der Waals surface area contributed by atoms with E-state index >= 15 is 0 Å². The second-order valence-electron chi connectivity index (χ2n) is 3.72. The molecular weight excluding hydrogens is 230 g/mol. The maximum absolute atomic E-state index is 13.4. The number of Topliss-reactive ketones (excluding diaryl/α,β-unsaturated/α-hetero) is 1. The molecule has 0 aliphatic carbocycles. The molecule has 0 spiro atoms. The van der Waals surface area contributed by atoms with Crippen LogP contribution >= 0.6 is 0 Å². The van der Waals surface area contributed by atoms with Crippen LogP contribution in [0.1, 0.15) is 24.2 Å². The van der Waals surface area contributed by atoms with Crippen LogP contribution < -0.4 is 0 Å². The number of carbonyl (C=O) groups excluding carboxylic acids is 2. The van der Waals surface area contributed by atoms with Gasteiger partial charge in [0.05, 0.1) is 6.10 Å². The Balaban J connectivity index is 2.76. The number of ketones is 1. The second-order valence-corrected chi connectivity index (χ2v) is 3.72. The van der Waals surface area contributed by atoms with Crippen LogP contribution in [-0.4, -0.2) is 24.0 Å². The van der Waals surface area contributed by atoms with E-state index in [9.17, 15) is 18.4 Å². The first-order valence-electron chi connectivity index (χ1n) is 5.06. The molecule has 0 aliphatic rings. The van der Waals surface area contributed by atoms with Crippen LogP contribution in [0.3, 0.4) is 0 Å². The fourth-order valence-corrected chi connectivity index (χ4v) is 1.16. The van der Waals surface area contributed by atoms with E-state index in [4.69, 9.17) is 0 Å². The van der Waals surface area contributed by atoms with Crippen LogP contribution in [0.25, 0.3) is 0 Å². The Labute approximate surface area is 97.4 Å². The van der Waals surface area contributed by atoms with E-state index < -0.39 is 29.8 Å². The molecule has 0 fully saturated rings. The van der Waals surface area contributed by atoms with Gasteiger partial charge in [-0.05, 0) is 38.1 Å². The summed E-state index contributed by atoms with van der Waals surface area (Å²) in [4.78, 5) is 22.6. The van der Waals surface area contributed by atoms with Crippen molar-refractivity contribution in [1.82, 2.24) is 0 Å². The highest BCUT2D eigenvalue weighted by atomic mass is 19.1. The van der Waals surface area contributed by atoms with E-state index in [1.54, 1.807) is 13.8 Å². The summed E-state index contributed by atoms with van der Waals surface area (Å²) in [5.74, 6) is -2.80. The number of hydrogen-bond donors (Lipinski definition) is 0. The maximum Gasteiger partial charge on any atom is 0.349 e. The molecule has 1 atom stereocenters. The van der Waals surface area contributed by atoms with Gasteiger partial charge in [0, 0.05) is 5.56 Å². The van der Waals surface area contributed by atoms with E-state index in [0.717, 1.165) is 24.3 Å². The largest absolute Gasteiger partial charge is 0.460 e. The van der Waals surface area contributed by atoms with Crippen molar-refractivity contribution in [3.8, 4) is 0 Å². The summed E-state index contributed by atoms with van der Waals surface area (Å²) in [6, 6.07) is 4.28. The average Bonchev–Trinajstić information content (AvgIpc) is 2.27. The van der Waals surface area contributed by atoms with Gasteiger partial charge >= 0.3 is 5.97 Å². The Hall–Kier alpha value is -1.78. The van der Waals surface area contributed by atoms with E-state index in [-0.39, 0.29) is 5.56 Å². The van der Waals surface area contributed by atoms with Gasteiger partial charge in [0.25, 0.3) is 6.17 Å². The predicted octanol–water partition coefficient (Wildman–Crippen LogP) is 2.30. The van der Waals surface area contributed by atoms with Crippen LogP contribution in [0, 0.1) is 5.82 Å². The maximum atomic E-state index is 13.4. The Kier molecular flexibility index (Phi) is 4.31. The first-order chi connectivity index (χ1) is 7.91. The number of hydrogen-bond acceptors (Lipinski definition) is 3. The zero-order chi connectivity index (χ0) is 13.0. The van der Waals surface area contributed by atoms with Crippen molar-refractivity contribution in [3.63, 3.8) is 0 Å². The normalized spacial score (nSPS) is 12.3. The standard InChI is InChI=1S/C12H12F2O3/c1-7(2)17-12(16)10(14)11(15)8-3-5-9(13)6-4-8/h3-7,10H,1-2H3. The third-order valence-electron chi connectivity index (χ3n) is 1.92. The number of benzene rings is 1. The van der Waals surface area contributed by atoms with Gasteiger partial charge in [-0.15, -0.1) is 0 Å². The molecule has 0 saturated carbocycles. The lowest BCUT2D eigenvalue weighted by molar-refractivity contribution is -0.151. The van der Waals surface area contributed by atoms with E-state index in [1.165, 1.54) is 0 Å². The Bertz CT molecular complexity index is 412. The molecule has 0 N–H and O–H groups in total. The van der Waals surface area contributed by atoms with Crippen LogP contribution in [0.5, 0.6) is 0 Å². The van der Waals surface area contributed by atoms with Crippen molar-refractivity contribution in [3.05, 3.63) is 35.6 Å². The predicted molar refractivity (Wildman–Crippen MR) is 56.9 cm³/mol. The topological polar surface area (TPSA) is 43.4 Å². The molecule has 1 aromatic rings. The molecule has 0 heterocycles. The highest BCUT2D eigenvalue weighted by Crippen LogP contribution is 2.10. The first kappa shape index (κ1) is 13.3. The number of rotatable bonds is 4. The second kappa shape index (κ2) is 5.52. The summed E-state index contributed by atoms with van der Waals surface area (Å²) in [7, 11) is 0. The summed E-state index contributed by atoms with van der Waals surface area (Å²) in [6.45, 7) is 3.10. The van der Waals surface area contributed by atoms with E-state index in [1.807, 2.05) is 0 Å². The summed E-state index contributed by atoms with van der Waals surface area (Å²) < 4.78 is 30.6. The van der Waals surface area contributed by atoms with Crippen LogP contribution in [0.2, 0.25) is 0 Å². The van der Waals surface area contributed by atoms with Crippen LogP contribution in [0.15, 0.2) is 24.3 Å². The van der Waals surface area contributed by atoms with E-state index in [0.29, 0.717) is 0 Å². The Morgan fingerprint density at radius 2 is 1.71 bits per heavy atom. The molecule has 5 heteroatoms. The molecule has 1 aromatic carbocycles. The van der Waals surface area contributed by atoms with Crippen molar-refractivity contribution >= 4 is 11.8 Å². The van der Waals surface area contributed by atoms with Crippen molar-refractivity contribution in [2.24, 2.45) is 0 Å². The highest BCUT2D eigenvalue weighted by Gasteiger charge is 2.29. The summed E-state index contributed by atoms with van der Waals surface area (Å²) in [6.07, 6.45) is -2.87. The molecule has 1 unspecified atom stereocenters. The first-order valence-corrected chi connectivity index (χ1v) is 5.06. The van der Waals surface area contributed by atoms with Crippen molar-refractivity contribution in [2.75, 3.05) is 0 Å². The third kappa shape index (κ3) is 3.62. The van der Waals surface area contributed by atoms with Crippen LogP contribution in [0.4, 0.5) is 8.78 Å². The van der Waals surface area contributed by atoms with Gasteiger partial charge in [0.15, 0.2) is 0 Å². The lowest BCUT2D eigenvalue weighted by Crippen LogP contribution is -2.29.